The van der Waals surface area contributed by atoms with Crippen molar-refractivity contribution in [1.82, 2.24) is 0 Å². The molecule has 1 aromatic carbocycles. The minimum Gasteiger partial charge on any atom is -0.481 e. The summed E-state index contributed by atoms with van der Waals surface area (Å²) in [6, 6.07) is 8.04. The second kappa shape index (κ2) is 7.38. The van der Waals surface area contributed by atoms with E-state index in [1.165, 1.54) is 5.56 Å². The van der Waals surface area contributed by atoms with E-state index in [9.17, 15) is 4.79 Å². The Balaban J connectivity index is 1.69. The predicted molar refractivity (Wildman–Crippen MR) is 72.4 cm³/mol. The normalized spacial score (nSPS) is 22.6. The number of ether oxygens (including phenoxy) is 3. The maximum Gasteiger partial charge on any atom is 0.303 e. The summed E-state index contributed by atoms with van der Waals surface area (Å²) in [4.78, 5) is 10.4. The Bertz CT molecular complexity index is 420. The van der Waals surface area contributed by atoms with Crippen LogP contribution < -0.4 is 0 Å². The monoisotopic (exact) mass is 280 g/mol. The Morgan fingerprint density at radius 2 is 1.95 bits per heavy atom. The summed E-state index contributed by atoms with van der Waals surface area (Å²) in [7, 11) is 0. The van der Waals surface area contributed by atoms with E-state index < -0.39 is 5.97 Å². The van der Waals surface area contributed by atoms with Crippen molar-refractivity contribution in [2.75, 3.05) is 19.8 Å². The highest BCUT2D eigenvalue weighted by Gasteiger charge is 2.23. The molecule has 20 heavy (non-hydrogen) atoms. The Morgan fingerprint density at radius 1 is 1.30 bits per heavy atom. The Hall–Kier alpha value is -1.43. The van der Waals surface area contributed by atoms with Crippen LogP contribution in [0.3, 0.4) is 0 Å². The van der Waals surface area contributed by atoms with Gasteiger partial charge in [0.05, 0.1) is 13.2 Å². The summed E-state index contributed by atoms with van der Waals surface area (Å²) in [5.41, 5.74) is 2.20. The molecule has 0 bridgehead atoms. The van der Waals surface area contributed by atoms with Gasteiger partial charge in [-0.25, -0.2) is 0 Å². The zero-order valence-corrected chi connectivity index (χ0v) is 11.6. The van der Waals surface area contributed by atoms with E-state index in [2.05, 4.69) is 0 Å². The number of aliphatic carboxylic acids is 1. The molecular weight excluding hydrogens is 260 g/mol. The minimum atomic E-state index is -0.802. The van der Waals surface area contributed by atoms with Crippen LogP contribution in [0.25, 0.3) is 0 Å². The van der Waals surface area contributed by atoms with Gasteiger partial charge in [0, 0.05) is 18.6 Å². The summed E-state index contributed by atoms with van der Waals surface area (Å²) in [6.07, 6.45) is 0.174. The lowest BCUT2D eigenvalue weighted by Crippen LogP contribution is -2.33. The highest BCUT2D eigenvalue weighted by Crippen LogP contribution is 2.24. The molecule has 5 nitrogen and oxygen atoms in total. The first kappa shape index (κ1) is 15.0. The topological polar surface area (TPSA) is 65.0 Å². The largest absolute Gasteiger partial charge is 0.481 e. The number of carbonyl (C=O) groups is 1. The van der Waals surface area contributed by atoms with Gasteiger partial charge in [0.15, 0.2) is 6.29 Å². The molecule has 0 radical (unpaired) electrons. The first-order valence-electron chi connectivity index (χ1n) is 6.78. The van der Waals surface area contributed by atoms with Crippen LogP contribution in [0, 0.1) is 6.92 Å². The standard InChI is InChI=1S/C15H20O5/c1-11-4-6-12(7-5-11)15-19-9-13(10-20-15)18-8-2-3-14(16)17/h4-7,13,15H,2-3,8-10H2,1H3,(H,16,17). The smallest absolute Gasteiger partial charge is 0.303 e. The van der Waals surface area contributed by atoms with Crippen molar-refractivity contribution in [3.63, 3.8) is 0 Å². The van der Waals surface area contributed by atoms with Crippen molar-refractivity contribution in [3.05, 3.63) is 35.4 Å². The summed E-state index contributed by atoms with van der Waals surface area (Å²) >= 11 is 0. The Morgan fingerprint density at radius 3 is 2.55 bits per heavy atom. The average Bonchev–Trinajstić information content (AvgIpc) is 2.45. The van der Waals surface area contributed by atoms with Gasteiger partial charge in [-0.3, -0.25) is 4.79 Å². The molecule has 1 aliphatic heterocycles. The van der Waals surface area contributed by atoms with E-state index in [1.54, 1.807) is 0 Å². The van der Waals surface area contributed by atoms with Gasteiger partial charge in [-0.1, -0.05) is 29.8 Å². The number of rotatable bonds is 6. The lowest BCUT2D eigenvalue weighted by atomic mass is 10.1. The SMILES string of the molecule is Cc1ccc(C2OCC(OCCCC(=O)O)CO2)cc1. The maximum atomic E-state index is 10.4. The van der Waals surface area contributed by atoms with Gasteiger partial charge in [0.1, 0.15) is 6.10 Å². The molecule has 0 aliphatic carbocycles. The van der Waals surface area contributed by atoms with E-state index in [4.69, 9.17) is 19.3 Å². The first-order chi connectivity index (χ1) is 9.65. The van der Waals surface area contributed by atoms with E-state index in [0.717, 1.165) is 5.56 Å². The molecule has 110 valence electrons. The second-order valence-electron chi connectivity index (χ2n) is 4.90. The van der Waals surface area contributed by atoms with Gasteiger partial charge >= 0.3 is 5.97 Å². The molecule has 0 unspecified atom stereocenters. The fraction of sp³-hybridized carbons (Fsp3) is 0.533. The molecular formula is C15H20O5. The second-order valence-corrected chi connectivity index (χ2v) is 4.90. The van der Waals surface area contributed by atoms with Crippen LogP contribution in [-0.2, 0) is 19.0 Å². The van der Waals surface area contributed by atoms with Crippen LogP contribution in [0.4, 0.5) is 0 Å². The van der Waals surface area contributed by atoms with Crippen LogP contribution in [0.1, 0.15) is 30.3 Å². The first-order valence-corrected chi connectivity index (χ1v) is 6.78. The molecule has 0 aromatic heterocycles. The predicted octanol–water partition coefficient (Wildman–Crippen LogP) is 2.29. The number of carboxylic acids is 1. The quantitative estimate of drug-likeness (QED) is 0.810. The molecule has 1 N–H and O–H groups in total. The van der Waals surface area contributed by atoms with Crippen molar-refractivity contribution in [3.8, 4) is 0 Å². The van der Waals surface area contributed by atoms with Crippen molar-refractivity contribution in [2.24, 2.45) is 0 Å². The van der Waals surface area contributed by atoms with E-state index in [0.29, 0.717) is 26.2 Å². The third kappa shape index (κ3) is 4.59. The molecule has 0 spiro atoms. The van der Waals surface area contributed by atoms with Crippen LogP contribution in [0.5, 0.6) is 0 Å². The minimum absolute atomic E-state index is 0.120. The summed E-state index contributed by atoms with van der Waals surface area (Å²) in [6.45, 7) is 3.38. The van der Waals surface area contributed by atoms with Crippen LogP contribution in [0.15, 0.2) is 24.3 Å². The third-order valence-corrected chi connectivity index (χ3v) is 3.11. The molecule has 1 fully saturated rings. The Labute approximate surface area is 118 Å². The molecule has 0 amide bonds. The summed E-state index contributed by atoms with van der Waals surface area (Å²) < 4.78 is 16.8. The van der Waals surface area contributed by atoms with Crippen LogP contribution in [0.2, 0.25) is 0 Å². The summed E-state index contributed by atoms with van der Waals surface area (Å²) in [5.74, 6) is -0.802. The lowest BCUT2D eigenvalue weighted by Gasteiger charge is -2.29. The molecule has 1 aromatic rings. The van der Waals surface area contributed by atoms with Gasteiger partial charge in [-0.15, -0.1) is 0 Å². The zero-order valence-electron chi connectivity index (χ0n) is 11.6. The number of hydrogen-bond acceptors (Lipinski definition) is 4. The number of hydrogen-bond donors (Lipinski definition) is 1. The van der Waals surface area contributed by atoms with Gasteiger partial charge in [-0.05, 0) is 13.3 Å². The van der Waals surface area contributed by atoms with Crippen molar-refractivity contribution < 1.29 is 24.1 Å². The van der Waals surface area contributed by atoms with E-state index >= 15 is 0 Å². The molecule has 0 atom stereocenters. The van der Waals surface area contributed by atoms with E-state index in [1.807, 2.05) is 31.2 Å². The number of aryl methyl sites for hydroxylation is 1. The van der Waals surface area contributed by atoms with E-state index in [-0.39, 0.29) is 18.8 Å². The average molecular weight is 280 g/mol. The summed E-state index contributed by atoms with van der Waals surface area (Å²) in [5, 5.41) is 8.53. The fourth-order valence-electron chi connectivity index (χ4n) is 1.97. The molecule has 5 heteroatoms. The molecule has 1 saturated heterocycles. The van der Waals surface area contributed by atoms with Crippen LogP contribution in [-0.4, -0.2) is 37.0 Å². The zero-order chi connectivity index (χ0) is 14.4. The highest BCUT2D eigenvalue weighted by atomic mass is 16.7. The number of benzene rings is 1. The van der Waals surface area contributed by atoms with Gasteiger partial charge in [0.2, 0.25) is 0 Å². The number of carboxylic acid groups (broad SMARTS) is 1. The Kier molecular flexibility index (Phi) is 5.52. The van der Waals surface area contributed by atoms with Crippen molar-refractivity contribution in [2.45, 2.75) is 32.2 Å². The lowest BCUT2D eigenvalue weighted by molar-refractivity contribution is -0.230. The van der Waals surface area contributed by atoms with Gasteiger partial charge in [0.25, 0.3) is 0 Å². The third-order valence-electron chi connectivity index (χ3n) is 3.11. The fourth-order valence-corrected chi connectivity index (χ4v) is 1.97. The molecule has 1 aliphatic rings. The molecule has 1 heterocycles. The van der Waals surface area contributed by atoms with Crippen molar-refractivity contribution in [1.29, 1.82) is 0 Å². The highest BCUT2D eigenvalue weighted by molar-refractivity contribution is 5.66. The molecule has 0 saturated carbocycles. The van der Waals surface area contributed by atoms with Crippen molar-refractivity contribution >= 4 is 5.97 Å². The van der Waals surface area contributed by atoms with Gasteiger partial charge < -0.3 is 19.3 Å². The maximum absolute atomic E-state index is 10.4. The van der Waals surface area contributed by atoms with Gasteiger partial charge in [-0.2, -0.15) is 0 Å². The van der Waals surface area contributed by atoms with Crippen LogP contribution >= 0.6 is 0 Å². The molecule has 2 rings (SSSR count).